The maximum Gasteiger partial charge on any atom is 0.339 e. The van der Waals surface area contributed by atoms with Crippen LogP contribution in [0.5, 0.6) is 11.5 Å². The highest BCUT2D eigenvalue weighted by atomic mass is 32.2. The van der Waals surface area contributed by atoms with Crippen molar-refractivity contribution in [2.75, 3.05) is 7.11 Å². The number of nitrogens with zero attached hydrogens (tertiary/aromatic N) is 4. The third kappa shape index (κ3) is 4.51. The summed E-state index contributed by atoms with van der Waals surface area (Å²) in [7, 11) is -2.70. The van der Waals surface area contributed by atoms with E-state index in [1.807, 2.05) is 6.07 Å². The van der Waals surface area contributed by atoms with Gasteiger partial charge in [0, 0.05) is 18.0 Å². The molecule has 0 spiro atoms. The van der Waals surface area contributed by atoms with Crippen molar-refractivity contribution in [1.82, 2.24) is 9.99 Å². The number of methoxy groups -OCH3 is 1. The molecule has 2 aromatic carbocycles. The molecule has 0 fully saturated rings. The van der Waals surface area contributed by atoms with Crippen LogP contribution in [0.1, 0.15) is 11.1 Å². The van der Waals surface area contributed by atoms with Crippen molar-refractivity contribution < 1.29 is 22.1 Å². The third-order valence-electron chi connectivity index (χ3n) is 5.09. The van der Waals surface area contributed by atoms with Crippen molar-refractivity contribution >= 4 is 49.9 Å². The molecule has 3 heterocycles. The molecule has 12 heteroatoms. The fourth-order valence-electron chi connectivity index (χ4n) is 3.36. The molecule has 10 nitrogen and oxygen atoms in total. The normalized spacial score (nSPS) is 16.5. The van der Waals surface area contributed by atoms with Gasteiger partial charge in [-0.2, -0.15) is 23.5 Å². The fourth-order valence-corrected chi connectivity index (χ4v) is 5.20. The van der Waals surface area contributed by atoms with Gasteiger partial charge in [0.1, 0.15) is 9.94 Å². The molecule has 0 saturated carbocycles. The van der Waals surface area contributed by atoms with E-state index in [9.17, 15) is 13.2 Å². The summed E-state index contributed by atoms with van der Waals surface area (Å²) in [6.07, 6.45) is 4.74. The van der Waals surface area contributed by atoms with Crippen LogP contribution in [0.15, 0.2) is 93.6 Å². The Bertz CT molecular complexity index is 1570. The average Bonchev–Trinajstić information content (AvgIpc) is 3.32. The van der Waals surface area contributed by atoms with Gasteiger partial charge in [-0.3, -0.25) is 15.2 Å². The number of hydrazone groups is 1. The summed E-state index contributed by atoms with van der Waals surface area (Å²) in [5, 5.41) is 15.1. The highest BCUT2D eigenvalue weighted by Crippen LogP contribution is 2.33. The van der Waals surface area contributed by atoms with E-state index in [4.69, 9.17) is 14.3 Å². The highest BCUT2D eigenvalue weighted by molar-refractivity contribution is 8.27. The second-order valence-corrected chi connectivity index (χ2v) is 9.93. The number of thioether (sulfide) groups is 1. The van der Waals surface area contributed by atoms with Crippen molar-refractivity contribution in [3.63, 3.8) is 0 Å². The lowest BCUT2D eigenvalue weighted by Crippen LogP contribution is -2.35. The first-order valence-corrected chi connectivity index (χ1v) is 12.7. The van der Waals surface area contributed by atoms with Crippen LogP contribution in [0.2, 0.25) is 0 Å². The second-order valence-electron chi connectivity index (χ2n) is 7.43. The standard InChI is InChI=1S/C24H17N5O5S2/c1-33-20-13-15(9-10-19(20)34-36(31,32)17-7-3-2-4-8-17)12-18-21(25)29-24(27-22(18)30)35-23(28-29)16-6-5-11-26-14-16/h2-14,25H,1H3/b18-12-,25-21?. The van der Waals surface area contributed by atoms with E-state index in [0.29, 0.717) is 10.6 Å². The first kappa shape index (κ1) is 23.5. The number of rotatable bonds is 6. The van der Waals surface area contributed by atoms with Crippen LogP contribution in [0.3, 0.4) is 0 Å². The first-order valence-electron chi connectivity index (χ1n) is 10.4. The van der Waals surface area contributed by atoms with Gasteiger partial charge in [0.2, 0.25) is 5.17 Å². The van der Waals surface area contributed by atoms with E-state index in [1.165, 1.54) is 54.2 Å². The summed E-state index contributed by atoms with van der Waals surface area (Å²) in [4.78, 5) is 20.9. The molecular formula is C24H17N5O5S2. The number of pyridine rings is 1. The molecule has 2 aliphatic heterocycles. The lowest BCUT2D eigenvalue weighted by atomic mass is 10.1. The molecule has 2 aliphatic rings. The van der Waals surface area contributed by atoms with Gasteiger partial charge in [0.25, 0.3) is 5.91 Å². The number of amides is 1. The van der Waals surface area contributed by atoms with E-state index >= 15 is 0 Å². The Morgan fingerprint density at radius 2 is 1.86 bits per heavy atom. The van der Waals surface area contributed by atoms with Gasteiger partial charge in [0.05, 0.1) is 12.7 Å². The molecule has 180 valence electrons. The first-order chi connectivity index (χ1) is 17.4. The van der Waals surface area contributed by atoms with Gasteiger partial charge >= 0.3 is 10.1 Å². The van der Waals surface area contributed by atoms with Crippen LogP contribution in [0, 0.1) is 5.41 Å². The number of carbonyl (C=O) groups excluding carboxylic acids is 1. The summed E-state index contributed by atoms with van der Waals surface area (Å²) in [5.41, 5.74) is 1.24. The maximum atomic E-state index is 12.7. The highest BCUT2D eigenvalue weighted by Gasteiger charge is 2.36. The number of fused-ring (bicyclic) bond motifs is 1. The van der Waals surface area contributed by atoms with Gasteiger partial charge in [-0.15, -0.1) is 0 Å². The molecule has 1 N–H and O–H groups in total. The van der Waals surface area contributed by atoms with E-state index < -0.39 is 16.0 Å². The van der Waals surface area contributed by atoms with Crippen LogP contribution in [-0.4, -0.2) is 47.5 Å². The zero-order chi connectivity index (χ0) is 25.3. The molecule has 5 rings (SSSR count). The van der Waals surface area contributed by atoms with Crippen LogP contribution >= 0.6 is 11.8 Å². The topological polar surface area (TPSA) is 134 Å². The summed E-state index contributed by atoms with van der Waals surface area (Å²) in [6.45, 7) is 0. The number of nitrogens with one attached hydrogen (secondary N) is 1. The van der Waals surface area contributed by atoms with Gasteiger partial charge in [-0.05, 0) is 59.8 Å². The van der Waals surface area contributed by atoms with Crippen molar-refractivity contribution in [1.29, 1.82) is 5.41 Å². The Kier molecular flexibility index (Phi) is 6.12. The predicted molar refractivity (Wildman–Crippen MR) is 136 cm³/mol. The number of aromatic nitrogens is 1. The van der Waals surface area contributed by atoms with E-state index in [0.717, 1.165) is 5.56 Å². The van der Waals surface area contributed by atoms with E-state index in [1.54, 1.807) is 42.7 Å². The van der Waals surface area contributed by atoms with Gasteiger partial charge in [0.15, 0.2) is 17.3 Å². The summed E-state index contributed by atoms with van der Waals surface area (Å²) < 4.78 is 35.8. The minimum atomic E-state index is -4.07. The molecule has 1 amide bonds. The van der Waals surface area contributed by atoms with E-state index in [2.05, 4.69) is 15.1 Å². The van der Waals surface area contributed by atoms with Crippen LogP contribution < -0.4 is 8.92 Å². The average molecular weight is 520 g/mol. The van der Waals surface area contributed by atoms with Crippen molar-refractivity contribution in [3.8, 4) is 11.5 Å². The second kappa shape index (κ2) is 9.40. The number of ether oxygens (including phenoxy) is 1. The monoisotopic (exact) mass is 519 g/mol. The Balaban J connectivity index is 1.43. The molecule has 0 aliphatic carbocycles. The summed E-state index contributed by atoms with van der Waals surface area (Å²) in [6, 6.07) is 15.8. The number of hydrogen-bond acceptors (Lipinski definition) is 9. The minimum absolute atomic E-state index is 0.00264. The zero-order valence-corrected chi connectivity index (χ0v) is 20.3. The lowest BCUT2D eigenvalue weighted by Gasteiger charge is -2.20. The minimum Gasteiger partial charge on any atom is -0.493 e. The Morgan fingerprint density at radius 3 is 2.58 bits per heavy atom. The number of carbonyl (C=O) groups is 1. The van der Waals surface area contributed by atoms with Gasteiger partial charge < -0.3 is 8.92 Å². The number of hydrogen-bond donors (Lipinski definition) is 1. The van der Waals surface area contributed by atoms with Gasteiger partial charge in [-0.25, -0.2) is 0 Å². The fraction of sp³-hybridized carbons (Fsp3) is 0.0417. The van der Waals surface area contributed by atoms with Crippen molar-refractivity contribution in [2.45, 2.75) is 4.90 Å². The molecule has 0 unspecified atom stereocenters. The van der Waals surface area contributed by atoms with E-state index in [-0.39, 0.29) is 33.0 Å². The quantitative estimate of drug-likeness (QED) is 0.386. The predicted octanol–water partition coefficient (Wildman–Crippen LogP) is 3.53. The van der Waals surface area contributed by atoms with Crippen molar-refractivity contribution in [3.05, 3.63) is 89.8 Å². The molecular weight excluding hydrogens is 502 g/mol. The molecule has 0 bridgehead atoms. The Morgan fingerprint density at radius 1 is 1.06 bits per heavy atom. The molecule has 36 heavy (non-hydrogen) atoms. The summed E-state index contributed by atoms with van der Waals surface area (Å²) >= 11 is 1.18. The van der Waals surface area contributed by atoms with Crippen LogP contribution in [0.4, 0.5) is 0 Å². The molecule has 1 aromatic heterocycles. The number of amidine groups is 2. The smallest absolute Gasteiger partial charge is 0.339 e. The lowest BCUT2D eigenvalue weighted by molar-refractivity contribution is -0.114. The Hall–Kier alpha value is -4.29. The maximum absolute atomic E-state index is 12.7. The molecule has 0 atom stereocenters. The van der Waals surface area contributed by atoms with Crippen molar-refractivity contribution in [2.24, 2.45) is 10.1 Å². The Labute approximate surface area is 210 Å². The van der Waals surface area contributed by atoms with Gasteiger partial charge in [-0.1, -0.05) is 24.3 Å². The number of aliphatic imine (C=N–C) groups is 1. The number of benzene rings is 2. The SMILES string of the molecule is COc1cc(/C=C2/C(=N)N3N=C(c4cccnc4)SC3=NC2=O)ccc1OS(=O)(=O)c1ccccc1. The zero-order valence-electron chi connectivity index (χ0n) is 18.7. The largest absolute Gasteiger partial charge is 0.493 e. The third-order valence-corrected chi connectivity index (χ3v) is 7.30. The molecule has 0 radical (unpaired) electrons. The molecule has 3 aromatic rings. The summed E-state index contributed by atoms with van der Waals surface area (Å²) in [5.74, 6) is -0.610. The molecule has 0 saturated heterocycles. The van der Waals surface area contributed by atoms with Crippen LogP contribution in [-0.2, 0) is 14.9 Å². The van der Waals surface area contributed by atoms with Crippen LogP contribution in [0.25, 0.3) is 6.08 Å².